The van der Waals surface area contributed by atoms with Gasteiger partial charge in [-0.2, -0.15) is 0 Å². The fourth-order valence-corrected chi connectivity index (χ4v) is 9.03. The Balaban J connectivity index is 1.14. The quantitative estimate of drug-likeness (QED) is 0.161. The molecule has 1 aromatic heterocycles. The molecule has 280 valence electrons. The normalized spacial score (nSPS) is 22.8. The number of H-pyrrole nitrogens is 1. The molecule has 0 spiro atoms. The predicted octanol–water partition coefficient (Wildman–Crippen LogP) is 3.99. The van der Waals surface area contributed by atoms with Crippen molar-refractivity contribution < 1.29 is 24.1 Å². The summed E-state index contributed by atoms with van der Waals surface area (Å²) in [5.74, 6) is -1.81. The number of likely N-dealkylation sites (N-methyl/N-ethyl adjacent to an activating group) is 1. The van der Waals surface area contributed by atoms with E-state index in [1.54, 1.807) is 12.1 Å². The van der Waals surface area contributed by atoms with Crippen molar-refractivity contribution in [1.82, 2.24) is 25.4 Å². The van der Waals surface area contributed by atoms with Gasteiger partial charge in [0.25, 0.3) is 5.69 Å². The van der Waals surface area contributed by atoms with Crippen LogP contribution in [0.25, 0.3) is 16.5 Å². The molecule has 13 heteroatoms. The molecular weight excluding hydrogens is 674 g/mol. The standard InChI is InChI=1S/C40H49N7O6/c1-45-23-27(20-30-29-9-5-10-31-36(29)26(22-42-31)21-35(30)45)38(49)43-32(17-14-24-7-3-2-4-8-24)39(50)44-33(19-25-12-15-28(16-13-25)47(52)53)40(51)46-18-6-11-34(46)37(41)48/h5,9-10,12-13,15-16,20,22,24,27,32-35,42H,2-4,6-8,11,14,17-19,21,23H2,1H3,(H2,41,48)(H,43,49)(H,44,50)/t27-,32+,33+,34+,35-/m1/s1. The molecule has 53 heavy (non-hydrogen) atoms. The lowest BCUT2D eigenvalue weighted by molar-refractivity contribution is -0.384. The number of nitrogens with zero attached hydrogens (tertiary/aromatic N) is 3. The molecule has 3 aromatic rings. The van der Waals surface area contributed by atoms with E-state index in [2.05, 4.69) is 44.9 Å². The van der Waals surface area contributed by atoms with Crippen LogP contribution >= 0.6 is 0 Å². The van der Waals surface area contributed by atoms with Gasteiger partial charge in [-0.25, -0.2) is 0 Å². The number of likely N-dealkylation sites (tertiary alicyclic amines) is 1. The SMILES string of the molecule is CN1C[C@H](C(=O)N[C@@H](CCC2CCCCC2)C(=O)N[C@@H](Cc2ccc([N+](=O)[O-])cc2)C(=O)N2CCC[C@H]2C(N)=O)C=C2c3cccc4[nH]cc(c34)C[C@H]21. The zero-order valence-corrected chi connectivity index (χ0v) is 30.2. The van der Waals surface area contributed by atoms with Gasteiger partial charge in [0.15, 0.2) is 0 Å². The van der Waals surface area contributed by atoms with E-state index in [9.17, 15) is 29.3 Å². The van der Waals surface area contributed by atoms with Crippen LogP contribution in [0, 0.1) is 22.0 Å². The molecule has 0 bridgehead atoms. The predicted molar refractivity (Wildman–Crippen MR) is 200 cm³/mol. The number of nitro benzene ring substituents is 1. The van der Waals surface area contributed by atoms with Gasteiger partial charge in [-0.1, -0.05) is 62.4 Å². The number of nitrogens with two attached hydrogens (primary N) is 1. The Kier molecular flexibility index (Phi) is 10.6. The lowest BCUT2D eigenvalue weighted by Crippen LogP contribution is -2.57. The lowest BCUT2D eigenvalue weighted by atomic mass is 9.79. The maximum atomic E-state index is 14.3. The van der Waals surface area contributed by atoms with Crippen LogP contribution in [0.4, 0.5) is 5.69 Å². The topological polar surface area (TPSA) is 184 Å². The molecule has 2 aliphatic carbocycles. The average Bonchev–Trinajstić information content (AvgIpc) is 3.82. The summed E-state index contributed by atoms with van der Waals surface area (Å²) in [6.45, 7) is 0.821. The van der Waals surface area contributed by atoms with Crippen LogP contribution in [0.2, 0.25) is 0 Å². The van der Waals surface area contributed by atoms with Crippen LogP contribution < -0.4 is 16.4 Å². The average molecular weight is 724 g/mol. The third-order valence-electron chi connectivity index (χ3n) is 11.9. The Labute approximate surface area is 308 Å². The minimum Gasteiger partial charge on any atom is -0.368 e. The van der Waals surface area contributed by atoms with E-state index in [-0.39, 0.29) is 24.1 Å². The molecule has 5 N–H and O–H groups in total. The fraction of sp³-hybridized carbons (Fsp3) is 0.500. The first-order valence-electron chi connectivity index (χ1n) is 19.0. The van der Waals surface area contributed by atoms with E-state index in [1.807, 2.05) is 13.1 Å². The second-order valence-corrected chi connectivity index (χ2v) is 15.4. The van der Waals surface area contributed by atoms with Gasteiger partial charge in [0.05, 0.1) is 10.8 Å². The number of amides is 4. The van der Waals surface area contributed by atoms with Crippen molar-refractivity contribution in [2.75, 3.05) is 20.1 Å². The van der Waals surface area contributed by atoms with Gasteiger partial charge in [-0.05, 0) is 73.4 Å². The fourth-order valence-electron chi connectivity index (χ4n) is 9.03. The summed E-state index contributed by atoms with van der Waals surface area (Å²) in [5.41, 5.74) is 10.7. The number of fused-ring (bicyclic) bond motifs is 2. The summed E-state index contributed by atoms with van der Waals surface area (Å²) in [4.78, 5) is 72.7. The van der Waals surface area contributed by atoms with Gasteiger partial charge in [0.2, 0.25) is 23.6 Å². The Morgan fingerprint density at radius 3 is 2.51 bits per heavy atom. The number of non-ortho nitro benzene ring substituents is 1. The van der Waals surface area contributed by atoms with Gasteiger partial charge >= 0.3 is 0 Å². The monoisotopic (exact) mass is 723 g/mol. The summed E-state index contributed by atoms with van der Waals surface area (Å²) >= 11 is 0. The molecule has 7 rings (SSSR count). The first-order valence-corrected chi connectivity index (χ1v) is 19.0. The van der Waals surface area contributed by atoms with E-state index in [0.717, 1.165) is 55.2 Å². The van der Waals surface area contributed by atoms with Crippen molar-refractivity contribution in [3.8, 4) is 0 Å². The molecule has 4 amide bonds. The summed E-state index contributed by atoms with van der Waals surface area (Å²) in [5, 5.41) is 18.5. The van der Waals surface area contributed by atoms with E-state index < -0.39 is 46.7 Å². The number of aromatic amines is 1. The molecule has 1 saturated heterocycles. The molecule has 4 aliphatic rings. The van der Waals surface area contributed by atoms with Crippen molar-refractivity contribution in [2.24, 2.45) is 17.6 Å². The number of carbonyl (C=O) groups is 4. The molecule has 2 aromatic carbocycles. The molecule has 0 unspecified atom stereocenters. The molecule has 2 aliphatic heterocycles. The Morgan fingerprint density at radius 1 is 1.00 bits per heavy atom. The number of hydrogen-bond acceptors (Lipinski definition) is 7. The van der Waals surface area contributed by atoms with Gasteiger partial charge in [-0.15, -0.1) is 0 Å². The highest BCUT2D eigenvalue weighted by Crippen LogP contribution is 2.41. The Morgan fingerprint density at radius 2 is 1.77 bits per heavy atom. The number of primary amides is 1. The third-order valence-corrected chi connectivity index (χ3v) is 11.9. The van der Waals surface area contributed by atoms with Gasteiger partial charge < -0.3 is 26.3 Å². The number of nitrogens with one attached hydrogen (secondary N) is 3. The second kappa shape index (κ2) is 15.5. The number of rotatable bonds is 12. The third kappa shape index (κ3) is 7.71. The van der Waals surface area contributed by atoms with Gasteiger partial charge in [0, 0.05) is 54.8 Å². The number of nitro groups is 1. The van der Waals surface area contributed by atoms with E-state index >= 15 is 0 Å². The highest BCUT2D eigenvalue weighted by Gasteiger charge is 2.39. The van der Waals surface area contributed by atoms with Crippen molar-refractivity contribution in [3.05, 3.63) is 81.5 Å². The largest absolute Gasteiger partial charge is 0.368 e. The van der Waals surface area contributed by atoms with Crippen molar-refractivity contribution in [2.45, 2.75) is 94.8 Å². The number of hydrogen-bond donors (Lipinski definition) is 4. The molecule has 2 fully saturated rings. The first-order chi connectivity index (χ1) is 25.6. The van der Waals surface area contributed by atoms with E-state index in [0.29, 0.717) is 43.8 Å². The van der Waals surface area contributed by atoms with Crippen molar-refractivity contribution in [1.29, 1.82) is 0 Å². The van der Waals surface area contributed by atoms with E-state index in [4.69, 9.17) is 5.73 Å². The van der Waals surface area contributed by atoms with Crippen LogP contribution in [-0.2, 0) is 32.0 Å². The first kappa shape index (κ1) is 36.3. The van der Waals surface area contributed by atoms with Crippen LogP contribution in [0.15, 0.2) is 54.7 Å². The zero-order valence-electron chi connectivity index (χ0n) is 30.2. The second-order valence-electron chi connectivity index (χ2n) is 15.4. The van der Waals surface area contributed by atoms with Crippen molar-refractivity contribution in [3.63, 3.8) is 0 Å². The molecular formula is C40H49N7O6. The van der Waals surface area contributed by atoms with Crippen LogP contribution in [0.5, 0.6) is 0 Å². The Bertz CT molecular complexity index is 1920. The number of benzene rings is 2. The summed E-state index contributed by atoms with van der Waals surface area (Å²) < 4.78 is 0. The summed E-state index contributed by atoms with van der Waals surface area (Å²) in [6, 6.07) is 9.41. The zero-order chi connectivity index (χ0) is 37.2. The summed E-state index contributed by atoms with van der Waals surface area (Å²) in [6.07, 6.45) is 12.9. The lowest BCUT2D eigenvalue weighted by Gasteiger charge is -2.39. The van der Waals surface area contributed by atoms with Crippen LogP contribution in [-0.4, -0.2) is 87.6 Å². The molecule has 0 radical (unpaired) electrons. The van der Waals surface area contributed by atoms with Gasteiger partial charge in [0.1, 0.15) is 18.1 Å². The molecule has 1 saturated carbocycles. The summed E-state index contributed by atoms with van der Waals surface area (Å²) in [7, 11) is 2.04. The van der Waals surface area contributed by atoms with Crippen molar-refractivity contribution >= 4 is 45.8 Å². The van der Waals surface area contributed by atoms with E-state index in [1.165, 1.54) is 34.4 Å². The molecule has 5 atom stereocenters. The Hall–Kier alpha value is -5.04. The molecule has 3 heterocycles. The highest BCUT2D eigenvalue weighted by molar-refractivity contribution is 6.00. The smallest absolute Gasteiger partial charge is 0.269 e. The highest BCUT2D eigenvalue weighted by atomic mass is 16.6. The minimum absolute atomic E-state index is 0.0431. The maximum absolute atomic E-state index is 14.3. The van der Waals surface area contributed by atoms with Crippen LogP contribution in [0.1, 0.15) is 74.5 Å². The number of aromatic nitrogens is 1. The van der Waals surface area contributed by atoms with Crippen LogP contribution in [0.3, 0.4) is 0 Å². The number of carbonyl (C=O) groups excluding carboxylic acids is 4. The molecule has 13 nitrogen and oxygen atoms in total. The minimum atomic E-state index is -1.08. The van der Waals surface area contributed by atoms with Gasteiger partial charge in [-0.3, -0.25) is 34.2 Å². The maximum Gasteiger partial charge on any atom is 0.269 e.